The Kier molecular flexibility index (Phi) is 4.46. The Hall–Kier alpha value is -1.44. The van der Waals surface area contributed by atoms with E-state index in [9.17, 15) is 19.8 Å². The van der Waals surface area contributed by atoms with Gasteiger partial charge >= 0.3 is 11.9 Å². The normalized spacial score (nSPS) is 42.5. The molecule has 2 saturated heterocycles. The van der Waals surface area contributed by atoms with Gasteiger partial charge in [-0.25, -0.2) is 4.79 Å². The van der Waals surface area contributed by atoms with Gasteiger partial charge in [-0.2, -0.15) is 0 Å². The van der Waals surface area contributed by atoms with Crippen molar-refractivity contribution in [2.24, 2.45) is 11.8 Å². The summed E-state index contributed by atoms with van der Waals surface area (Å²) < 4.78 is 11.1. The molecule has 2 fully saturated rings. The van der Waals surface area contributed by atoms with E-state index in [0.717, 1.165) is 18.7 Å². The summed E-state index contributed by atoms with van der Waals surface area (Å²) in [5.74, 6) is -2.92. The van der Waals surface area contributed by atoms with Crippen LogP contribution >= 0.6 is 0 Å². The predicted molar refractivity (Wildman–Crippen MR) is 88.5 cm³/mol. The number of carbonyl (C=O) groups is 2. The molecule has 0 amide bonds. The second-order valence-corrected chi connectivity index (χ2v) is 8.00. The van der Waals surface area contributed by atoms with Gasteiger partial charge in [0.25, 0.3) is 0 Å². The molecule has 0 aliphatic carbocycles. The van der Waals surface area contributed by atoms with Gasteiger partial charge in [0.15, 0.2) is 5.60 Å². The first-order valence-electron chi connectivity index (χ1n) is 8.82. The monoisotopic (exact) mass is 353 g/mol. The Labute approximate surface area is 147 Å². The average molecular weight is 353 g/mol. The van der Waals surface area contributed by atoms with Crippen LogP contribution in [0.4, 0.5) is 0 Å². The minimum atomic E-state index is -2.24. The summed E-state index contributed by atoms with van der Waals surface area (Å²) in [6.45, 7) is 7.54. The molecule has 25 heavy (non-hydrogen) atoms. The van der Waals surface area contributed by atoms with Gasteiger partial charge in [0, 0.05) is 13.1 Å². The number of cyclic esters (lactones) is 1. The van der Waals surface area contributed by atoms with E-state index in [0.29, 0.717) is 6.42 Å². The van der Waals surface area contributed by atoms with E-state index >= 15 is 0 Å². The van der Waals surface area contributed by atoms with Crippen LogP contribution in [-0.4, -0.2) is 70.1 Å². The lowest BCUT2D eigenvalue weighted by Gasteiger charge is -2.42. The minimum Gasteiger partial charge on any atom is -0.460 e. The van der Waals surface area contributed by atoms with Crippen molar-refractivity contribution in [1.29, 1.82) is 0 Å². The van der Waals surface area contributed by atoms with Gasteiger partial charge in [0.1, 0.15) is 18.3 Å². The summed E-state index contributed by atoms with van der Waals surface area (Å²) in [5, 5.41) is 21.7. The Morgan fingerprint density at radius 2 is 1.96 bits per heavy atom. The molecule has 0 aromatic rings. The summed E-state index contributed by atoms with van der Waals surface area (Å²) in [7, 11) is 0. The maximum absolute atomic E-state index is 12.9. The molecule has 3 aliphatic rings. The van der Waals surface area contributed by atoms with Crippen LogP contribution < -0.4 is 0 Å². The highest BCUT2D eigenvalue weighted by atomic mass is 16.6. The maximum Gasteiger partial charge on any atom is 0.341 e. The largest absolute Gasteiger partial charge is 0.460 e. The maximum atomic E-state index is 12.9. The number of hydrogen-bond acceptors (Lipinski definition) is 7. The number of carbonyl (C=O) groups excluding carboxylic acids is 2. The molecular formula is C18H27NO6. The van der Waals surface area contributed by atoms with E-state index in [1.807, 2.05) is 6.08 Å². The molecule has 7 heteroatoms. The molecule has 0 unspecified atom stereocenters. The lowest BCUT2D eigenvalue weighted by atomic mass is 9.71. The fourth-order valence-electron chi connectivity index (χ4n) is 4.30. The highest BCUT2D eigenvalue weighted by molar-refractivity contribution is 5.84. The van der Waals surface area contributed by atoms with Crippen LogP contribution in [-0.2, 0) is 19.1 Å². The summed E-state index contributed by atoms with van der Waals surface area (Å²) in [4.78, 5) is 27.6. The molecular weight excluding hydrogens is 326 g/mol. The quantitative estimate of drug-likeness (QED) is 0.515. The van der Waals surface area contributed by atoms with Crippen LogP contribution in [0.3, 0.4) is 0 Å². The first-order valence-corrected chi connectivity index (χ1v) is 8.82. The number of hydrogen-bond donors (Lipinski definition) is 2. The Morgan fingerprint density at radius 3 is 2.60 bits per heavy atom. The van der Waals surface area contributed by atoms with E-state index in [4.69, 9.17) is 9.47 Å². The minimum absolute atomic E-state index is 0.0205. The average Bonchev–Trinajstić information content (AvgIpc) is 3.06. The summed E-state index contributed by atoms with van der Waals surface area (Å²) in [6.07, 6.45) is 2.34. The van der Waals surface area contributed by atoms with Crippen LogP contribution in [0.15, 0.2) is 11.6 Å². The van der Waals surface area contributed by atoms with Crippen LogP contribution in [0.25, 0.3) is 0 Å². The first-order chi connectivity index (χ1) is 11.6. The molecule has 0 bridgehead atoms. The second kappa shape index (κ2) is 6.07. The number of esters is 2. The predicted octanol–water partition coefficient (Wildman–Crippen LogP) is 0.244. The molecule has 0 spiro atoms. The van der Waals surface area contributed by atoms with Crippen molar-refractivity contribution in [3.63, 3.8) is 0 Å². The number of aliphatic hydroxyl groups is 2. The highest BCUT2D eigenvalue weighted by Gasteiger charge is 2.58. The smallest absolute Gasteiger partial charge is 0.341 e. The van der Waals surface area contributed by atoms with E-state index < -0.39 is 29.1 Å². The summed E-state index contributed by atoms with van der Waals surface area (Å²) in [6, 6.07) is -0.0995. The Morgan fingerprint density at radius 1 is 1.28 bits per heavy atom. The molecule has 0 saturated carbocycles. The fraction of sp³-hybridized carbons (Fsp3) is 0.778. The summed E-state index contributed by atoms with van der Waals surface area (Å²) in [5.41, 5.74) is -3.39. The van der Waals surface area contributed by atoms with Crippen LogP contribution in [0, 0.1) is 11.8 Å². The van der Waals surface area contributed by atoms with Gasteiger partial charge in [-0.15, -0.1) is 0 Å². The molecule has 3 rings (SSSR count). The molecule has 0 aromatic heterocycles. The third-order valence-electron chi connectivity index (χ3n) is 5.96. The van der Waals surface area contributed by atoms with Crippen molar-refractivity contribution in [3.05, 3.63) is 11.6 Å². The van der Waals surface area contributed by atoms with Crippen LogP contribution in [0.1, 0.15) is 34.1 Å². The second-order valence-electron chi connectivity index (χ2n) is 8.00. The van der Waals surface area contributed by atoms with E-state index in [-0.39, 0.29) is 24.7 Å². The molecule has 0 aromatic carbocycles. The number of nitrogens with zero attached hydrogens (tertiary/aromatic N) is 1. The zero-order valence-corrected chi connectivity index (χ0v) is 15.2. The van der Waals surface area contributed by atoms with E-state index in [2.05, 4.69) is 4.90 Å². The lowest BCUT2D eigenvalue weighted by Crippen LogP contribution is -2.63. The van der Waals surface area contributed by atoms with Gasteiger partial charge in [0.2, 0.25) is 0 Å². The van der Waals surface area contributed by atoms with Crippen molar-refractivity contribution in [3.8, 4) is 0 Å². The van der Waals surface area contributed by atoms with Gasteiger partial charge in [-0.05, 0) is 31.8 Å². The topological polar surface area (TPSA) is 96.3 Å². The van der Waals surface area contributed by atoms with Crippen molar-refractivity contribution >= 4 is 11.9 Å². The van der Waals surface area contributed by atoms with Gasteiger partial charge in [-0.3, -0.25) is 9.69 Å². The standard InChI is InChI=1S/C18H27NO6/c1-10(2)13-15(20)25-12-6-8-19-7-5-11(14(12)19)9-24-16(21)18(4,23)17(13,3)22/h5,10,12-14,22-23H,6-9H2,1-4H3/t12-,13-,14-,17+,18-/m1/s1. The summed E-state index contributed by atoms with van der Waals surface area (Å²) >= 11 is 0. The van der Waals surface area contributed by atoms with E-state index in [1.54, 1.807) is 13.8 Å². The number of ether oxygens (including phenoxy) is 2. The van der Waals surface area contributed by atoms with Crippen molar-refractivity contribution in [1.82, 2.24) is 4.90 Å². The van der Waals surface area contributed by atoms with Crippen molar-refractivity contribution in [2.45, 2.75) is 57.5 Å². The third-order valence-corrected chi connectivity index (χ3v) is 5.96. The highest BCUT2D eigenvalue weighted by Crippen LogP contribution is 2.39. The molecule has 140 valence electrons. The SMILES string of the molecule is CC(C)[C@@H]1C(=O)O[C@@H]2CCN3CC=C(COC(=O)[C@@](C)(O)[C@@]1(C)O)[C@H]23. The zero-order valence-electron chi connectivity index (χ0n) is 15.2. The van der Waals surface area contributed by atoms with Crippen molar-refractivity contribution < 1.29 is 29.3 Å². The Bertz CT molecular complexity index is 609. The Balaban J connectivity index is 2.02. The zero-order chi connectivity index (χ0) is 18.6. The van der Waals surface area contributed by atoms with Crippen molar-refractivity contribution in [2.75, 3.05) is 19.7 Å². The van der Waals surface area contributed by atoms with Gasteiger partial charge in [-0.1, -0.05) is 19.9 Å². The van der Waals surface area contributed by atoms with E-state index in [1.165, 1.54) is 13.8 Å². The van der Waals surface area contributed by atoms with Crippen LogP contribution in [0.5, 0.6) is 0 Å². The molecule has 3 aliphatic heterocycles. The van der Waals surface area contributed by atoms with Gasteiger partial charge in [0.05, 0.1) is 12.0 Å². The first kappa shape index (κ1) is 18.4. The molecule has 2 N–H and O–H groups in total. The lowest BCUT2D eigenvalue weighted by molar-refractivity contribution is -0.210. The molecule has 3 heterocycles. The van der Waals surface area contributed by atoms with Gasteiger partial charge < -0.3 is 19.7 Å². The third kappa shape index (κ3) is 2.78. The molecule has 0 radical (unpaired) electrons. The molecule has 5 atom stereocenters. The fourth-order valence-corrected chi connectivity index (χ4v) is 4.30. The number of rotatable bonds is 1. The molecule has 7 nitrogen and oxygen atoms in total. The van der Waals surface area contributed by atoms with Crippen LogP contribution in [0.2, 0.25) is 0 Å².